The summed E-state index contributed by atoms with van der Waals surface area (Å²) in [5.41, 5.74) is 2.10. The van der Waals surface area contributed by atoms with Crippen molar-refractivity contribution in [2.75, 3.05) is 12.4 Å². The molecule has 0 radical (unpaired) electrons. The second kappa shape index (κ2) is 7.09. The van der Waals surface area contributed by atoms with Crippen LogP contribution in [0.3, 0.4) is 0 Å². The van der Waals surface area contributed by atoms with Gasteiger partial charge in [-0.2, -0.15) is 0 Å². The molecule has 1 aromatic rings. The van der Waals surface area contributed by atoms with E-state index in [1.807, 2.05) is 18.2 Å². The molecule has 1 saturated carbocycles. The Balaban J connectivity index is 2.09. The normalized spacial score (nSPS) is 22.5. The fourth-order valence-electron chi connectivity index (χ4n) is 2.75. The third-order valence-electron chi connectivity index (χ3n) is 3.79. The fraction of sp³-hybridized carbons (Fsp3) is 0.533. The van der Waals surface area contributed by atoms with Crippen LogP contribution < -0.4 is 5.32 Å². The van der Waals surface area contributed by atoms with Crippen LogP contribution in [0.15, 0.2) is 22.7 Å². The van der Waals surface area contributed by atoms with Crippen molar-refractivity contribution < 1.29 is 14.6 Å². The molecular weight excluding hydrogens is 322 g/mol. The number of aliphatic carboxylic acids is 1. The second-order valence-corrected chi connectivity index (χ2v) is 6.10. The highest BCUT2D eigenvalue weighted by Crippen LogP contribution is 2.30. The number of methoxy groups -OCH3 is 1. The first kappa shape index (κ1) is 15.3. The highest BCUT2D eigenvalue weighted by atomic mass is 79.9. The summed E-state index contributed by atoms with van der Waals surface area (Å²) < 4.78 is 6.24. The van der Waals surface area contributed by atoms with Gasteiger partial charge in [-0.15, -0.1) is 0 Å². The highest BCUT2D eigenvalue weighted by Gasteiger charge is 2.27. The van der Waals surface area contributed by atoms with Crippen molar-refractivity contribution in [2.45, 2.75) is 38.3 Å². The molecule has 5 heteroatoms. The van der Waals surface area contributed by atoms with Gasteiger partial charge in [0, 0.05) is 28.9 Å². The number of nitrogens with one attached hydrogen (secondary N) is 1. The van der Waals surface area contributed by atoms with E-state index in [-0.39, 0.29) is 12.0 Å². The van der Waals surface area contributed by atoms with E-state index in [1.54, 1.807) is 7.11 Å². The molecule has 4 nitrogen and oxygen atoms in total. The monoisotopic (exact) mass is 341 g/mol. The minimum atomic E-state index is -0.678. The van der Waals surface area contributed by atoms with Crippen LogP contribution in [0.25, 0.3) is 0 Å². The van der Waals surface area contributed by atoms with E-state index in [9.17, 15) is 4.79 Å². The van der Waals surface area contributed by atoms with Crippen LogP contribution in [0.5, 0.6) is 0 Å². The average Bonchev–Trinajstić information content (AvgIpc) is 2.43. The summed E-state index contributed by atoms with van der Waals surface area (Å²) in [5, 5.41) is 12.6. The summed E-state index contributed by atoms with van der Waals surface area (Å²) in [4.78, 5) is 11.1. The molecule has 0 aliphatic heterocycles. The molecule has 2 rings (SSSR count). The Morgan fingerprint density at radius 2 is 2.30 bits per heavy atom. The van der Waals surface area contributed by atoms with Gasteiger partial charge in [0.1, 0.15) is 0 Å². The summed E-state index contributed by atoms with van der Waals surface area (Å²) in [7, 11) is 1.67. The minimum Gasteiger partial charge on any atom is -0.481 e. The third-order valence-corrected chi connectivity index (χ3v) is 4.53. The van der Waals surface area contributed by atoms with Crippen molar-refractivity contribution >= 4 is 27.6 Å². The molecule has 1 aliphatic rings. The quantitative estimate of drug-likeness (QED) is 0.858. The molecular formula is C15H20BrNO3. The number of halogens is 1. The van der Waals surface area contributed by atoms with E-state index < -0.39 is 5.97 Å². The Labute approximate surface area is 127 Å². The maximum Gasteiger partial charge on any atom is 0.306 e. The summed E-state index contributed by atoms with van der Waals surface area (Å²) >= 11 is 3.53. The SMILES string of the molecule is COCc1c(Br)cccc1NC1CCCC(C(=O)O)C1. The summed E-state index contributed by atoms with van der Waals surface area (Å²) in [6.07, 6.45) is 3.45. The molecule has 0 aromatic heterocycles. The van der Waals surface area contributed by atoms with Crippen LogP contribution >= 0.6 is 15.9 Å². The van der Waals surface area contributed by atoms with Crippen LogP contribution in [-0.4, -0.2) is 24.2 Å². The van der Waals surface area contributed by atoms with Gasteiger partial charge in [-0.25, -0.2) is 0 Å². The van der Waals surface area contributed by atoms with Crippen LogP contribution in [0, 0.1) is 5.92 Å². The lowest BCUT2D eigenvalue weighted by Gasteiger charge is -2.29. The van der Waals surface area contributed by atoms with Gasteiger partial charge in [-0.05, 0) is 31.4 Å². The number of hydrogen-bond acceptors (Lipinski definition) is 3. The average molecular weight is 342 g/mol. The van der Waals surface area contributed by atoms with Crippen LogP contribution in [0.1, 0.15) is 31.2 Å². The molecule has 20 heavy (non-hydrogen) atoms. The van der Waals surface area contributed by atoms with E-state index in [0.717, 1.165) is 35.0 Å². The number of hydrogen-bond donors (Lipinski definition) is 2. The van der Waals surface area contributed by atoms with Crippen LogP contribution in [0.2, 0.25) is 0 Å². The largest absolute Gasteiger partial charge is 0.481 e. The molecule has 0 saturated heterocycles. The van der Waals surface area contributed by atoms with Crippen LogP contribution in [-0.2, 0) is 16.1 Å². The zero-order valence-corrected chi connectivity index (χ0v) is 13.1. The smallest absolute Gasteiger partial charge is 0.306 e. The Kier molecular flexibility index (Phi) is 5.43. The van der Waals surface area contributed by atoms with E-state index in [0.29, 0.717) is 13.0 Å². The molecule has 1 fully saturated rings. The van der Waals surface area contributed by atoms with Gasteiger partial charge in [0.2, 0.25) is 0 Å². The van der Waals surface area contributed by atoms with Crippen molar-refractivity contribution in [3.8, 4) is 0 Å². The number of carboxylic acids is 1. The van der Waals surface area contributed by atoms with Gasteiger partial charge in [-0.1, -0.05) is 28.4 Å². The molecule has 0 bridgehead atoms. The minimum absolute atomic E-state index is 0.217. The molecule has 1 aliphatic carbocycles. The molecule has 0 amide bonds. The highest BCUT2D eigenvalue weighted by molar-refractivity contribution is 9.10. The Morgan fingerprint density at radius 1 is 1.50 bits per heavy atom. The zero-order valence-electron chi connectivity index (χ0n) is 11.6. The lowest BCUT2D eigenvalue weighted by Crippen LogP contribution is -2.31. The molecule has 2 atom stereocenters. The summed E-state index contributed by atoms with van der Waals surface area (Å²) in [5.74, 6) is -0.901. The summed E-state index contributed by atoms with van der Waals surface area (Å²) in [6.45, 7) is 0.527. The van der Waals surface area contributed by atoms with Gasteiger partial charge in [0.25, 0.3) is 0 Å². The number of ether oxygens (including phenoxy) is 1. The number of carboxylic acid groups (broad SMARTS) is 1. The van der Waals surface area contributed by atoms with E-state index in [1.165, 1.54) is 0 Å². The van der Waals surface area contributed by atoms with Crippen molar-refractivity contribution in [1.29, 1.82) is 0 Å². The maximum atomic E-state index is 11.1. The molecule has 110 valence electrons. The van der Waals surface area contributed by atoms with Crippen molar-refractivity contribution in [3.05, 3.63) is 28.2 Å². The van der Waals surface area contributed by atoms with Crippen molar-refractivity contribution in [2.24, 2.45) is 5.92 Å². The molecule has 1 aromatic carbocycles. The number of carbonyl (C=O) groups is 1. The third kappa shape index (κ3) is 3.73. The lowest BCUT2D eigenvalue weighted by molar-refractivity contribution is -0.142. The Morgan fingerprint density at radius 3 is 3.00 bits per heavy atom. The van der Waals surface area contributed by atoms with Crippen molar-refractivity contribution in [1.82, 2.24) is 0 Å². The standard InChI is InChI=1S/C15H20BrNO3/c1-20-9-12-13(16)6-3-7-14(12)17-11-5-2-4-10(8-11)15(18)19/h3,6-7,10-11,17H,2,4-5,8-9H2,1H3,(H,18,19). The van der Waals surface area contributed by atoms with Gasteiger partial charge in [0.15, 0.2) is 0 Å². The fourth-order valence-corrected chi connectivity index (χ4v) is 3.23. The number of benzene rings is 1. The molecule has 2 unspecified atom stereocenters. The van der Waals surface area contributed by atoms with E-state index >= 15 is 0 Å². The van der Waals surface area contributed by atoms with E-state index in [2.05, 4.69) is 21.2 Å². The molecule has 2 N–H and O–H groups in total. The van der Waals surface area contributed by atoms with Gasteiger partial charge >= 0.3 is 5.97 Å². The number of anilines is 1. The first-order valence-corrected chi connectivity index (χ1v) is 7.66. The number of rotatable bonds is 5. The Bertz CT molecular complexity index is 478. The molecule has 0 heterocycles. The van der Waals surface area contributed by atoms with E-state index in [4.69, 9.17) is 9.84 Å². The second-order valence-electron chi connectivity index (χ2n) is 5.24. The van der Waals surface area contributed by atoms with Gasteiger partial charge in [0.05, 0.1) is 12.5 Å². The topological polar surface area (TPSA) is 58.6 Å². The lowest BCUT2D eigenvalue weighted by atomic mass is 9.85. The predicted octanol–water partition coefficient (Wildman–Crippen LogP) is 3.65. The predicted molar refractivity (Wildman–Crippen MR) is 81.9 cm³/mol. The van der Waals surface area contributed by atoms with Crippen LogP contribution in [0.4, 0.5) is 5.69 Å². The van der Waals surface area contributed by atoms with Gasteiger partial charge < -0.3 is 15.2 Å². The molecule has 0 spiro atoms. The Hall–Kier alpha value is -1.07. The van der Waals surface area contributed by atoms with Gasteiger partial charge in [-0.3, -0.25) is 4.79 Å². The first-order valence-electron chi connectivity index (χ1n) is 6.87. The van der Waals surface area contributed by atoms with Crippen molar-refractivity contribution in [3.63, 3.8) is 0 Å². The maximum absolute atomic E-state index is 11.1. The first-order chi connectivity index (χ1) is 9.61. The zero-order chi connectivity index (χ0) is 14.5. The summed E-state index contributed by atoms with van der Waals surface area (Å²) in [6, 6.07) is 6.20.